The second-order valence-corrected chi connectivity index (χ2v) is 8.73. The number of nitrogens with zero attached hydrogens (tertiary/aromatic N) is 2. The molecule has 3 rings (SSSR count). The lowest BCUT2D eigenvalue weighted by atomic mass is 9.89. The van der Waals surface area contributed by atoms with Gasteiger partial charge in [0.1, 0.15) is 5.82 Å². The van der Waals surface area contributed by atoms with Gasteiger partial charge in [-0.3, -0.25) is 23.9 Å². The van der Waals surface area contributed by atoms with Gasteiger partial charge in [-0.25, -0.2) is 4.79 Å². The fourth-order valence-electron chi connectivity index (χ4n) is 3.86. The summed E-state index contributed by atoms with van der Waals surface area (Å²) in [4.78, 5) is 54.7. The van der Waals surface area contributed by atoms with Crippen LogP contribution in [0.5, 0.6) is 0 Å². The topological polar surface area (TPSA) is 130 Å². The number of para-hydroxylation sites is 1. The lowest BCUT2D eigenvalue weighted by Crippen LogP contribution is -2.45. The minimum absolute atomic E-state index is 0.0147. The fourth-order valence-corrected chi connectivity index (χ4v) is 3.86. The zero-order valence-corrected chi connectivity index (χ0v) is 18.3. The smallest absolute Gasteiger partial charge is 0.330 e. The van der Waals surface area contributed by atoms with Gasteiger partial charge >= 0.3 is 5.69 Å². The Hall–Kier alpha value is -3.36. The third-order valence-corrected chi connectivity index (χ3v) is 5.14. The van der Waals surface area contributed by atoms with Crippen LogP contribution in [0.4, 0.5) is 17.2 Å². The van der Waals surface area contributed by atoms with Crippen LogP contribution in [-0.2, 0) is 16.1 Å². The highest BCUT2D eigenvalue weighted by Crippen LogP contribution is 2.35. The fraction of sp³-hybridized carbons (Fsp3) is 0.455. The quantitative estimate of drug-likeness (QED) is 0.648. The number of H-pyrrole nitrogens is 1. The second kappa shape index (κ2) is 8.79. The molecule has 166 valence electrons. The number of hydrogen-bond donors (Lipinski definition) is 3. The van der Waals surface area contributed by atoms with Crippen molar-refractivity contribution in [2.75, 3.05) is 22.5 Å². The zero-order chi connectivity index (χ0) is 22.9. The number of amides is 2. The summed E-state index contributed by atoms with van der Waals surface area (Å²) >= 11 is 0. The Bertz CT molecular complexity index is 1120. The van der Waals surface area contributed by atoms with Crippen LogP contribution in [0.25, 0.3) is 0 Å². The molecule has 4 N–H and O–H groups in total. The van der Waals surface area contributed by atoms with Crippen LogP contribution in [0, 0.1) is 11.8 Å². The third kappa shape index (κ3) is 4.55. The van der Waals surface area contributed by atoms with Crippen molar-refractivity contribution < 1.29 is 9.59 Å². The molecule has 1 aromatic heterocycles. The molecule has 0 spiro atoms. The summed E-state index contributed by atoms with van der Waals surface area (Å²) in [6.45, 7) is 8.18. The highest BCUT2D eigenvalue weighted by molar-refractivity contribution is 6.06. The van der Waals surface area contributed by atoms with Crippen molar-refractivity contribution in [3.63, 3.8) is 0 Å². The van der Waals surface area contributed by atoms with E-state index >= 15 is 0 Å². The number of carbonyl (C=O) groups is 2. The molecule has 2 amide bonds. The number of anilines is 3. The number of aromatic amines is 1. The van der Waals surface area contributed by atoms with Crippen LogP contribution in [0.15, 0.2) is 33.9 Å². The Balaban J connectivity index is 2.14. The summed E-state index contributed by atoms with van der Waals surface area (Å²) < 4.78 is 1.28. The first-order valence-electron chi connectivity index (χ1n) is 10.4. The molecule has 0 saturated carbocycles. The number of nitrogens with two attached hydrogens (primary N) is 1. The van der Waals surface area contributed by atoms with E-state index in [4.69, 9.17) is 5.73 Å². The first kappa shape index (κ1) is 22.3. The minimum atomic E-state index is -0.757. The number of aromatic nitrogens is 2. The number of nitrogens with one attached hydrogen (secondary N) is 2. The molecule has 0 fully saturated rings. The van der Waals surface area contributed by atoms with Gasteiger partial charge < -0.3 is 16.0 Å². The normalized spacial score (nSPS) is 15.7. The largest absolute Gasteiger partial charge is 0.383 e. The number of hydrogen-bond acceptors (Lipinski definition) is 5. The molecule has 1 aromatic carbocycles. The molecule has 0 bridgehead atoms. The Morgan fingerprint density at radius 2 is 1.84 bits per heavy atom. The maximum Gasteiger partial charge on any atom is 0.330 e. The van der Waals surface area contributed by atoms with E-state index < -0.39 is 23.1 Å². The van der Waals surface area contributed by atoms with Crippen molar-refractivity contribution in [3.05, 3.63) is 50.7 Å². The molecular weight excluding hydrogens is 398 g/mol. The molecule has 1 atom stereocenters. The van der Waals surface area contributed by atoms with Gasteiger partial charge in [0.15, 0.2) is 5.69 Å². The van der Waals surface area contributed by atoms with E-state index in [1.165, 1.54) is 9.47 Å². The third-order valence-electron chi connectivity index (χ3n) is 5.14. The monoisotopic (exact) mass is 427 g/mol. The lowest BCUT2D eigenvalue weighted by molar-refractivity contribution is -0.124. The van der Waals surface area contributed by atoms with E-state index in [0.717, 1.165) is 0 Å². The van der Waals surface area contributed by atoms with Crippen LogP contribution in [0.2, 0.25) is 0 Å². The summed E-state index contributed by atoms with van der Waals surface area (Å²) in [5, 5.41) is 2.78. The van der Waals surface area contributed by atoms with Gasteiger partial charge in [0.2, 0.25) is 11.8 Å². The van der Waals surface area contributed by atoms with Crippen LogP contribution in [0.1, 0.15) is 45.6 Å². The van der Waals surface area contributed by atoms with Crippen molar-refractivity contribution in [1.82, 2.24) is 9.55 Å². The van der Waals surface area contributed by atoms with Crippen LogP contribution in [0.3, 0.4) is 0 Å². The van der Waals surface area contributed by atoms with E-state index in [2.05, 4.69) is 10.3 Å². The van der Waals surface area contributed by atoms with Gasteiger partial charge in [0.25, 0.3) is 5.56 Å². The average Bonchev–Trinajstić information content (AvgIpc) is 2.68. The van der Waals surface area contributed by atoms with Gasteiger partial charge in [-0.05, 0) is 23.5 Å². The first-order chi connectivity index (χ1) is 14.6. The molecule has 9 heteroatoms. The van der Waals surface area contributed by atoms with E-state index in [-0.39, 0.29) is 42.2 Å². The molecular formula is C22H29N5O4. The van der Waals surface area contributed by atoms with Gasteiger partial charge in [0, 0.05) is 25.2 Å². The number of benzene rings is 1. The lowest BCUT2D eigenvalue weighted by Gasteiger charge is -2.32. The van der Waals surface area contributed by atoms with E-state index in [0.29, 0.717) is 17.8 Å². The van der Waals surface area contributed by atoms with Crippen molar-refractivity contribution in [1.29, 1.82) is 0 Å². The first-order valence-corrected chi connectivity index (χ1v) is 10.4. The number of fused-ring (bicyclic) bond motifs is 1. The van der Waals surface area contributed by atoms with E-state index in [9.17, 15) is 19.2 Å². The average molecular weight is 428 g/mol. The number of rotatable bonds is 6. The second-order valence-electron chi connectivity index (χ2n) is 8.73. The van der Waals surface area contributed by atoms with Crippen molar-refractivity contribution in [3.8, 4) is 0 Å². The molecule has 0 radical (unpaired) electrons. The summed E-state index contributed by atoms with van der Waals surface area (Å²) in [7, 11) is 0. The van der Waals surface area contributed by atoms with Crippen molar-refractivity contribution in [2.45, 2.75) is 46.6 Å². The zero-order valence-electron chi connectivity index (χ0n) is 18.3. The van der Waals surface area contributed by atoms with Gasteiger partial charge in [-0.1, -0.05) is 45.9 Å². The molecule has 0 aliphatic carbocycles. The van der Waals surface area contributed by atoms with Crippen LogP contribution in [-0.4, -0.2) is 27.9 Å². The molecule has 2 aromatic rings. The summed E-state index contributed by atoms with van der Waals surface area (Å²) in [5.41, 5.74) is 6.15. The minimum Gasteiger partial charge on any atom is -0.383 e. The summed E-state index contributed by atoms with van der Waals surface area (Å²) in [6.07, 6.45) is -0.0338. The maximum absolute atomic E-state index is 13.7. The summed E-state index contributed by atoms with van der Waals surface area (Å²) in [5.74, 6) is -1.36. The van der Waals surface area contributed by atoms with Gasteiger partial charge in [0.05, 0.1) is 5.92 Å². The predicted octanol–water partition coefficient (Wildman–Crippen LogP) is 1.89. The Morgan fingerprint density at radius 3 is 2.48 bits per heavy atom. The number of carbonyl (C=O) groups excluding carboxylic acids is 2. The van der Waals surface area contributed by atoms with E-state index in [1.807, 2.05) is 27.7 Å². The molecule has 1 aliphatic rings. The highest BCUT2D eigenvalue weighted by atomic mass is 16.2. The Kier molecular flexibility index (Phi) is 6.33. The van der Waals surface area contributed by atoms with Gasteiger partial charge in [-0.2, -0.15) is 0 Å². The SMILES string of the molecule is CC(C)CN(C(=O)C1CC(=O)Nc2ccccc21)c1c(N)n(CC(C)C)c(=O)[nH]c1=O. The van der Waals surface area contributed by atoms with Crippen molar-refractivity contribution >= 4 is 29.0 Å². The molecule has 31 heavy (non-hydrogen) atoms. The summed E-state index contributed by atoms with van der Waals surface area (Å²) in [6, 6.07) is 7.11. The standard InChI is InChI=1S/C22H29N5O4/c1-12(2)10-26(18-19(23)27(11-13(3)4)22(31)25-20(18)29)21(30)15-9-17(28)24-16-8-6-5-7-14(15)16/h5-8,12-13,15H,9-11,23H2,1-4H3,(H,24,28)(H,25,29,31). The van der Waals surface area contributed by atoms with Crippen LogP contribution >= 0.6 is 0 Å². The molecule has 1 aliphatic heterocycles. The van der Waals surface area contributed by atoms with E-state index in [1.54, 1.807) is 24.3 Å². The predicted molar refractivity (Wildman–Crippen MR) is 120 cm³/mol. The Labute approximate surface area is 180 Å². The Morgan fingerprint density at radius 1 is 1.16 bits per heavy atom. The number of nitrogen functional groups attached to an aromatic ring is 1. The highest BCUT2D eigenvalue weighted by Gasteiger charge is 2.36. The van der Waals surface area contributed by atoms with Crippen molar-refractivity contribution in [2.24, 2.45) is 11.8 Å². The maximum atomic E-state index is 13.7. The molecule has 2 heterocycles. The molecule has 0 saturated heterocycles. The molecule has 9 nitrogen and oxygen atoms in total. The van der Waals surface area contributed by atoms with Gasteiger partial charge in [-0.15, -0.1) is 0 Å². The van der Waals surface area contributed by atoms with Crippen LogP contribution < -0.4 is 27.2 Å². The molecule has 1 unspecified atom stereocenters.